The molecule has 0 radical (unpaired) electrons. The Bertz CT molecular complexity index is 828. The zero-order valence-corrected chi connectivity index (χ0v) is 22.4. The number of hydrogen-bond donors (Lipinski definition) is 1. The van der Waals surface area contributed by atoms with E-state index in [1.165, 1.54) is 12.8 Å². The molecule has 2 aromatic carbocycles. The van der Waals surface area contributed by atoms with E-state index in [1.54, 1.807) is 0 Å². The molecular weight excluding hydrogens is 422 g/mol. The number of unbranched alkanes of at least 4 members (excludes halogenated alkanes) is 3. The fourth-order valence-electron chi connectivity index (χ4n) is 3.27. The first-order chi connectivity index (χ1) is 15.7. The van der Waals surface area contributed by atoms with Gasteiger partial charge >= 0.3 is 0 Å². The molecule has 2 aromatic rings. The zero-order chi connectivity index (χ0) is 24.3. The number of allylic oxidation sites excluding steroid dienone is 1. The minimum atomic E-state index is -1.98. The third-order valence-corrected chi connectivity index (χ3v) is 11.0. The average molecular weight is 466 g/mol. The maximum absolute atomic E-state index is 11.1. The van der Waals surface area contributed by atoms with Crippen LogP contribution >= 0.6 is 0 Å². The van der Waals surface area contributed by atoms with Crippen LogP contribution in [-0.4, -0.2) is 37.9 Å². The first-order valence-corrected chi connectivity index (χ1v) is 15.2. The maximum Gasteiger partial charge on any atom is 0.192 e. The van der Waals surface area contributed by atoms with Gasteiger partial charge in [-0.3, -0.25) is 4.99 Å². The molecule has 0 fully saturated rings. The fraction of sp³-hybridized carbons (Fsp3) is 0.483. The van der Waals surface area contributed by atoms with Gasteiger partial charge in [-0.1, -0.05) is 113 Å². The van der Waals surface area contributed by atoms with Gasteiger partial charge in [-0.2, -0.15) is 0 Å². The Morgan fingerprint density at radius 2 is 1.52 bits per heavy atom. The summed E-state index contributed by atoms with van der Waals surface area (Å²) in [5.74, 6) is 0. The fourth-order valence-corrected chi connectivity index (χ4v) is 4.29. The molecule has 2 atom stereocenters. The van der Waals surface area contributed by atoms with E-state index in [9.17, 15) is 5.11 Å². The van der Waals surface area contributed by atoms with Gasteiger partial charge in [0.25, 0.3) is 0 Å². The minimum Gasteiger partial charge on any atom is -0.415 e. The van der Waals surface area contributed by atoms with Gasteiger partial charge in [-0.15, -0.1) is 0 Å². The molecular formula is C29H43NO2Si. The summed E-state index contributed by atoms with van der Waals surface area (Å²) in [6.07, 6.45) is 7.84. The molecule has 0 aliphatic heterocycles. The first kappa shape index (κ1) is 27.2. The Morgan fingerprint density at radius 1 is 0.970 bits per heavy atom. The number of hydrogen-bond acceptors (Lipinski definition) is 3. The normalized spacial score (nSPS) is 14.3. The molecule has 0 aliphatic rings. The SMILES string of the molecule is CCCCC/C=C/[C@H](O)[C@@H](CO[Si](C)(C)C(C)(C)C)N=C(c1ccccc1)c1ccccc1. The molecule has 33 heavy (non-hydrogen) atoms. The molecule has 0 heterocycles. The van der Waals surface area contributed by atoms with E-state index in [-0.39, 0.29) is 11.1 Å². The molecule has 4 heteroatoms. The van der Waals surface area contributed by atoms with Crippen LogP contribution in [0.4, 0.5) is 0 Å². The minimum absolute atomic E-state index is 0.101. The number of aliphatic hydroxyl groups is 1. The highest BCUT2D eigenvalue weighted by atomic mass is 28.4. The highest BCUT2D eigenvalue weighted by Gasteiger charge is 2.38. The van der Waals surface area contributed by atoms with Crippen molar-refractivity contribution in [2.45, 2.75) is 83.7 Å². The lowest BCUT2D eigenvalue weighted by molar-refractivity contribution is 0.147. The molecule has 0 saturated heterocycles. The van der Waals surface area contributed by atoms with Gasteiger partial charge in [-0.05, 0) is 31.0 Å². The van der Waals surface area contributed by atoms with Crippen molar-refractivity contribution < 1.29 is 9.53 Å². The Kier molecular flexibility index (Phi) is 10.7. The molecule has 180 valence electrons. The zero-order valence-electron chi connectivity index (χ0n) is 21.4. The molecule has 0 bridgehead atoms. The van der Waals surface area contributed by atoms with Crippen molar-refractivity contribution in [3.05, 3.63) is 83.9 Å². The summed E-state index contributed by atoms with van der Waals surface area (Å²) in [7, 11) is -1.98. The molecule has 1 N–H and O–H groups in total. The van der Waals surface area contributed by atoms with E-state index in [4.69, 9.17) is 9.42 Å². The van der Waals surface area contributed by atoms with Gasteiger partial charge in [0.15, 0.2) is 8.32 Å². The van der Waals surface area contributed by atoms with Crippen molar-refractivity contribution in [2.75, 3.05) is 6.61 Å². The van der Waals surface area contributed by atoms with Crippen LogP contribution in [0.3, 0.4) is 0 Å². The monoisotopic (exact) mass is 465 g/mol. The standard InChI is InChI=1S/C29H43NO2Si/c1-7-8-9-10-17-22-27(31)26(23-32-33(5,6)29(2,3)4)30-28(24-18-13-11-14-19-24)25-20-15-12-16-21-25/h11-22,26-27,31H,7-10,23H2,1-6H3/b22-17+/t26-,27+/m1/s1. The Balaban J connectivity index is 2.39. The lowest BCUT2D eigenvalue weighted by atomic mass is 10.0. The first-order valence-electron chi connectivity index (χ1n) is 12.3. The lowest BCUT2D eigenvalue weighted by Gasteiger charge is -2.37. The summed E-state index contributed by atoms with van der Waals surface area (Å²) < 4.78 is 6.53. The van der Waals surface area contributed by atoms with E-state index in [0.29, 0.717) is 6.61 Å². The number of aliphatic imine (C=N–C) groups is 1. The van der Waals surface area contributed by atoms with Crippen LogP contribution in [0.5, 0.6) is 0 Å². The van der Waals surface area contributed by atoms with Gasteiger partial charge in [0.2, 0.25) is 0 Å². The van der Waals surface area contributed by atoms with E-state index in [0.717, 1.165) is 29.7 Å². The predicted molar refractivity (Wildman–Crippen MR) is 145 cm³/mol. The highest BCUT2D eigenvalue weighted by molar-refractivity contribution is 6.74. The van der Waals surface area contributed by atoms with Gasteiger partial charge in [-0.25, -0.2) is 0 Å². The second-order valence-electron chi connectivity index (χ2n) is 10.3. The van der Waals surface area contributed by atoms with Gasteiger partial charge < -0.3 is 9.53 Å². The Labute approximate surface area is 202 Å². The summed E-state index contributed by atoms with van der Waals surface area (Å²) in [6.45, 7) is 13.8. The molecule has 0 aliphatic carbocycles. The molecule has 0 spiro atoms. The van der Waals surface area contributed by atoms with Gasteiger partial charge in [0.1, 0.15) is 6.04 Å². The molecule has 0 amide bonds. The molecule has 2 rings (SSSR count). The molecule has 0 aromatic heterocycles. The number of benzene rings is 2. The van der Waals surface area contributed by atoms with Crippen molar-refractivity contribution in [3.8, 4) is 0 Å². The van der Waals surface area contributed by atoms with E-state index in [2.05, 4.69) is 71.1 Å². The van der Waals surface area contributed by atoms with Gasteiger partial charge in [0.05, 0.1) is 18.4 Å². The van der Waals surface area contributed by atoms with Gasteiger partial charge in [0, 0.05) is 11.1 Å². The second kappa shape index (κ2) is 13.0. The van der Waals surface area contributed by atoms with Crippen molar-refractivity contribution in [3.63, 3.8) is 0 Å². The van der Waals surface area contributed by atoms with Crippen LogP contribution in [0.15, 0.2) is 77.8 Å². The van der Waals surface area contributed by atoms with Crippen LogP contribution in [0.25, 0.3) is 0 Å². The number of nitrogens with zero attached hydrogens (tertiary/aromatic N) is 1. The van der Waals surface area contributed by atoms with Crippen molar-refractivity contribution in [2.24, 2.45) is 4.99 Å². The second-order valence-corrected chi connectivity index (χ2v) is 15.1. The van der Waals surface area contributed by atoms with Crippen LogP contribution in [0, 0.1) is 0 Å². The topological polar surface area (TPSA) is 41.8 Å². The Hall–Kier alpha value is -2.01. The number of rotatable bonds is 12. The summed E-state index contributed by atoms with van der Waals surface area (Å²) in [6, 6.07) is 20.0. The predicted octanol–water partition coefficient (Wildman–Crippen LogP) is 7.41. The van der Waals surface area contributed by atoms with E-state index < -0.39 is 14.4 Å². The summed E-state index contributed by atoms with van der Waals surface area (Å²) >= 11 is 0. The average Bonchev–Trinajstić information content (AvgIpc) is 2.79. The van der Waals surface area contributed by atoms with Crippen molar-refractivity contribution in [1.29, 1.82) is 0 Å². The highest BCUT2D eigenvalue weighted by Crippen LogP contribution is 2.36. The molecule has 0 unspecified atom stereocenters. The van der Waals surface area contributed by atoms with Crippen LogP contribution in [0.1, 0.15) is 64.5 Å². The summed E-state index contributed by atoms with van der Waals surface area (Å²) in [4.78, 5) is 5.13. The largest absolute Gasteiger partial charge is 0.415 e. The molecule has 3 nitrogen and oxygen atoms in total. The van der Waals surface area contributed by atoms with Crippen LogP contribution in [0.2, 0.25) is 18.1 Å². The third kappa shape index (κ3) is 8.69. The van der Waals surface area contributed by atoms with E-state index in [1.807, 2.05) is 42.5 Å². The lowest BCUT2D eigenvalue weighted by Crippen LogP contribution is -2.44. The smallest absolute Gasteiger partial charge is 0.192 e. The Morgan fingerprint density at radius 3 is 2.00 bits per heavy atom. The molecule has 0 saturated carbocycles. The maximum atomic E-state index is 11.1. The quantitative estimate of drug-likeness (QED) is 0.153. The summed E-state index contributed by atoms with van der Waals surface area (Å²) in [5.41, 5.74) is 2.97. The van der Waals surface area contributed by atoms with Crippen LogP contribution < -0.4 is 0 Å². The van der Waals surface area contributed by atoms with Crippen LogP contribution in [-0.2, 0) is 4.43 Å². The third-order valence-electron chi connectivity index (χ3n) is 6.51. The van der Waals surface area contributed by atoms with Crippen molar-refractivity contribution >= 4 is 14.0 Å². The van der Waals surface area contributed by atoms with E-state index >= 15 is 0 Å². The summed E-state index contributed by atoms with van der Waals surface area (Å²) in [5, 5.41) is 11.3. The van der Waals surface area contributed by atoms with Crippen molar-refractivity contribution in [1.82, 2.24) is 0 Å². The number of aliphatic hydroxyl groups excluding tert-OH is 1.